The molecule has 1 atom stereocenters. The highest BCUT2D eigenvalue weighted by atomic mass is 35.5. The Labute approximate surface area is 121 Å². The van der Waals surface area contributed by atoms with Crippen molar-refractivity contribution < 1.29 is 9.13 Å². The van der Waals surface area contributed by atoms with E-state index in [1.54, 1.807) is 7.11 Å². The largest absolute Gasteiger partial charge is 0.383 e. The monoisotopic (exact) mass is 310 g/mol. The summed E-state index contributed by atoms with van der Waals surface area (Å²) in [6.45, 7) is 2.44. The van der Waals surface area contributed by atoms with Gasteiger partial charge in [-0.2, -0.15) is 0 Å². The van der Waals surface area contributed by atoms with Gasteiger partial charge < -0.3 is 15.4 Å². The van der Waals surface area contributed by atoms with Crippen molar-refractivity contribution in [1.82, 2.24) is 5.32 Å². The fourth-order valence-electron chi connectivity index (χ4n) is 1.31. The van der Waals surface area contributed by atoms with E-state index in [0.717, 1.165) is 0 Å². The van der Waals surface area contributed by atoms with Crippen LogP contribution in [0.5, 0.6) is 0 Å². The molecular weight excluding hydrogens is 298 g/mol. The fourth-order valence-corrected chi connectivity index (χ4v) is 2.12. The Bertz CT molecular complexity index is 422. The van der Waals surface area contributed by atoms with Crippen molar-refractivity contribution in [2.24, 2.45) is 0 Å². The van der Waals surface area contributed by atoms with E-state index in [1.807, 2.05) is 6.92 Å². The number of ether oxygens (including phenoxy) is 1. The molecule has 0 bridgehead atoms. The Morgan fingerprint density at radius 2 is 2.00 bits per heavy atom. The molecule has 0 radical (unpaired) electrons. The molecule has 3 nitrogen and oxygen atoms in total. The first kappa shape index (κ1) is 15.4. The fraction of sp³-hybridized carbons (Fsp3) is 0.364. The highest BCUT2D eigenvalue weighted by molar-refractivity contribution is 7.80. The van der Waals surface area contributed by atoms with Gasteiger partial charge in [-0.3, -0.25) is 0 Å². The van der Waals surface area contributed by atoms with Crippen LogP contribution >= 0.6 is 35.4 Å². The van der Waals surface area contributed by atoms with Crippen LogP contribution in [0, 0.1) is 5.82 Å². The number of methoxy groups -OCH3 is 1. The Balaban J connectivity index is 2.65. The average Bonchev–Trinajstić information content (AvgIpc) is 2.25. The number of rotatable bonds is 4. The molecule has 7 heteroatoms. The minimum absolute atomic E-state index is 0.0568. The van der Waals surface area contributed by atoms with Crippen LogP contribution in [-0.2, 0) is 4.74 Å². The predicted molar refractivity (Wildman–Crippen MR) is 77.1 cm³/mol. The summed E-state index contributed by atoms with van der Waals surface area (Å²) in [6, 6.07) is 2.89. The van der Waals surface area contributed by atoms with Crippen molar-refractivity contribution in [1.29, 1.82) is 0 Å². The van der Waals surface area contributed by atoms with Crippen molar-refractivity contribution in [3.05, 3.63) is 28.0 Å². The number of hydrogen-bond acceptors (Lipinski definition) is 2. The molecule has 0 aliphatic rings. The van der Waals surface area contributed by atoms with Crippen molar-refractivity contribution in [2.45, 2.75) is 13.0 Å². The lowest BCUT2D eigenvalue weighted by Gasteiger charge is -2.16. The van der Waals surface area contributed by atoms with Gasteiger partial charge in [0.1, 0.15) is 0 Å². The van der Waals surface area contributed by atoms with Gasteiger partial charge in [0.2, 0.25) is 0 Å². The number of benzene rings is 1. The number of hydrogen-bond donors (Lipinski definition) is 2. The molecule has 2 N–H and O–H groups in total. The summed E-state index contributed by atoms with van der Waals surface area (Å²) in [4.78, 5) is 0. The maximum Gasteiger partial charge on any atom is 0.171 e. The lowest BCUT2D eigenvalue weighted by atomic mass is 10.3. The standard InChI is InChI=1S/C11H13Cl2FN2OS/c1-6(5-17-2)15-11(18)16-7-3-8(12)10(14)9(13)4-7/h3-4,6H,5H2,1-2H3,(H2,15,16,18). The smallest absolute Gasteiger partial charge is 0.171 e. The Kier molecular flexibility index (Phi) is 6.08. The van der Waals surface area contributed by atoms with Gasteiger partial charge in [-0.05, 0) is 31.3 Å². The molecule has 1 aromatic rings. The van der Waals surface area contributed by atoms with Crippen LogP contribution in [0.15, 0.2) is 12.1 Å². The van der Waals surface area contributed by atoms with E-state index in [4.69, 9.17) is 40.2 Å². The lowest BCUT2D eigenvalue weighted by Crippen LogP contribution is -2.38. The maximum absolute atomic E-state index is 13.2. The normalized spacial score (nSPS) is 12.1. The second-order valence-electron chi connectivity index (χ2n) is 3.71. The highest BCUT2D eigenvalue weighted by Crippen LogP contribution is 2.27. The minimum Gasteiger partial charge on any atom is -0.383 e. The molecule has 0 amide bonds. The van der Waals surface area contributed by atoms with Gasteiger partial charge in [-0.1, -0.05) is 23.2 Å². The van der Waals surface area contributed by atoms with E-state index in [0.29, 0.717) is 17.4 Å². The van der Waals surface area contributed by atoms with Crippen molar-refractivity contribution >= 4 is 46.2 Å². The number of thiocarbonyl (C=S) groups is 1. The molecule has 18 heavy (non-hydrogen) atoms. The Morgan fingerprint density at radius 3 is 2.50 bits per heavy atom. The van der Waals surface area contributed by atoms with E-state index in [9.17, 15) is 4.39 Å². The first-order chi connectivity index (χ1) is 8.43. The van der Waals surface area contributed by atoms with Crippen molar-refractivity contribution in [2.75, 3.05) is 19.0 Å². The summed E-state index contributed by atoms with van der Waals surface area (Å²) in [5.41, 5.74) is 0.522. The van der Waals surface area contributed by atoms with Crippen molar-refractivity contribution in [3.8, 4) is 0 Å². The maximum atomic E-state index is 13.2. The molecule has 0 aliphatic heterocycles. The second kappa shape index (κ2) is 7.09. The van der Waals surface area contributed by atoms with E-state index < -0.39 is 5.82 Å². The molecule has 0 aromatic heterocycles. The molecule has 0 saturated heterocycles. The van der Waals surface area contributed by atoms with E-state index >= 15 is 0 Å². The summed E-state index contributed by atoms with van der Waals surface area (Å²) in [6.07, 6.45) is 0. The SMILES string of the molecule is COCC(C)NC(=S)Nc1cc(Cl)c(F)c(Cl)c1. The molecule has 0 saturated carbocycles. The zero-order chi connectivity index (χ0) is 13.7. The molecule has 0 fully saturated rings. The molecule has 1 unspecified atom stereocenters. The highest BCUT2D eigenvalue weighted by Gasteiger charge is 2.09. The molecule has 1 rings (SSSR count). The van der Waals surface area contributed by atoms with Crippen LogP contribution in [0.25, 0.3) is 0 Å². The van der Waals surface area contributed by atoms with Crippen LogP contribution < -0.4 is 10.6 Å². The minimum atomic E-state index is -0.643. The molecule has 0 heterocycles. The Hall–Kier alpha value is -0.620. The molecular formula is C11H13Cl2FN2OS. The first-order valence-corrected chi connectivity index (χ1v) is 6.31. The van der Waals surface area contributed by atoms with Gasteiger partial charge in [0.15, 0.2) is 10.9 Å². The molecule has 100 valence electrons. The average molecular weight is 311 g/mol. The molecule has 0 aliphatic carbocycles. The first-order valence-electron chi connectivity index (χ1n) is 5.15. The predicted octanol–water partition coefficient (Wildman–Crippen LogP) is 3.45. The van der Waals surface area contributed by atoms with Crippen LogP contribution in [0.3, 0.4) is 0 Å². The zero-order valence-electron chi connectivity index (χ0n) is 9.89. The van der Waals surface area contributed by atoms with Gasteiger partial charge in [0.25, 0.3) is 0 Å². The summed E-state index contributed by atoms with van der Waals surface area (Å²) in [5, 5.41) is 6.14. The third-order valence-electron chi connectivity index (χ3n) is 2.04. The van der Waals surface area contributed by atoms with E-state index in [-0.39, 0.29) is 16.1 Å². The summed E-state index contributed by atoms with van der Waals surface area (Å²) < 4.78 is 18.2. The van der Waals surface area contributed by atoms with Crippen LogP contribution in [0.4, 0.5) is 10.1 Å². The van der Waals surface area contributed by atoms with Crippen molar-refractivity contribution in [3.63, 3.8) is 0 Å². The Morgan fingerprint density at radius 1 is 1.44 bits per heavy atom. The van der Waals surface area contributed by atoms with Gasteiger partial charge in [-0.25, -0.2) is 4.39 Å². The lowest BCUT2D eigenvalue weighted by molar-refractivity contribution is 0.179. The quantitative estimate of drug-likeness (QED) is 0.659. The second-order valence-corrected chi connectivity index (χ2v) is 4.93. The summed E-state index contributed by atoms with van der Waals surface area (Å²) in [7, 11) is 1.61. The summed E-state index contributed by atoms with van der Waals surface area (Å²) in [5.74, 6) is -0.643. The van der Waals surface area contributed by atoms with Crippen LogP contribution in [0.2, 0.25) is 10.0 Å². The van der Waals surface area contributed by atoms with Crippen LogP contribution in [-0.4, -0.2) is 24.9 Å². The van der Waals surface area contributed by atoms with Crippen LogP contribution in [0.1, 0.15) is 6.92 Å². The zero-order valence-corrected chi connectivity index (χ0v) is 12.2. The molecule has 0 spiro atoms. The van der Waals surface area contributed by atoms with E-state index in [2.05, 4.69) is 10.6 Å². The topological polar surface area (TPSA) is 33.3 Å². The number of nitrogens with one attached hydrogen (secondary N) is 2. The van der Waals surface area contributed by atoms with E-state index in [1.165, 1.54) is 12.1 Å². The van der Waals surface area contributed by atoms with Gasteiger partial charge in [0.05, 0.1) is 16.7 Å². The third kappa shape index (κ3) is 4.57. The van der Waals surface area contributed by atoms with Gasteiger partial charge >= 0.3 is 0 Å². The number of anilines is 1. The van der Waals surface area contributed by atoms with Gasteiger partial charge in [0, 0.05) is 18.8 Å². The number of halogens is 3. The molecule has 1 aromatic carbocycles. The van der Waals surface area contributed by atoms with Gasteiger partial charge in [-0.15, -0.1) is 0 Å². The third-order valence-corrected chi connectivity index (χ3v) is 2.81. The summed E-state index contributed by atoms with van der Waals surface area (Å²) >= 11 is 16.4.